The largest absolute Gasteiger partial charge is 0.384 e. The maximum absolute atomic E-state index is 12.9. The number of halogens is 1. The molecule has 0 unspecified atom stereocenters. The highest BCUT2D eigenvalue weighted by atomic mass is 19.1. The number of nitrogens with zero attached hydrogens (tertiary/aromatic N) is 1. The smallest absolute Gasteiger partial charge is 0.168 e. The molecule has 0 amide bonds. The molecule has 0 aromatic carbocycles. The molecule has 3 nitrogen and oxygen atoms in total. The van der Waals surface area contributed by atoms with Gasteiger partial charge in [0.1, 0.15) is 0 Å². The second kappa shape index (κ2) is 4.67. The molecule has 1 aromatic heterocycles. The Balaban J connectivity index is 2.71. The lowest BCUT2D eigenvalue weighted by atomic mass is 10.1. The summed E-state index contributed by atoms with van der Waals surface area (Å²) in [5.41, 5.74) is 0.0760. The molecule has 0 fully saturated rings. The van der Waals surface area contributed by atoms with E-state index in [0.29, 0.717) is 6.61 Å². The summed E-state index contributed by atoms with van der Waals surface area (Å²) < 4.78 is 17.7. The van der Waals surface area contributed by atoms with E-state index in [1.807, 2.05) is 0 Å². The number of carbonyl (C=O) groups is 1. The maximum atomic E-state index is 12.9. The lowest BCUT2D eigenvalue weighted by Crippen LogP contribution is -2.05. The van der Waals surface area contributed by atoms with Crippen LogP contribution in [-0.4, -0.2) is 24.5 Å². The topological polar surface area (TPSA) is 39.2 Å². The number of ketones is 1. The summed E-state index contributed by atoms with van der Waals surface area (Å²) in [6.07, 6.45) is 2.61. The quantitative estimate of drug-likeness (QED) is 0.663. The summed E-state index contributed by atoms with van der Waals surface area (Å²) in [4.78, 5) is 14.8. The summed E-state index contributed by atoms with van der Waals surface area (Å²) >= 11 is 0. The molecule has 0 aliphatic rings. The Kier molecular flexibility index (Phi) is 3.52. The summed E-state index contributed by atoms with van der Waals surface area (Å²) in [7, 11) is 1.50. The molecule has 0 radical (unpaired) electrons. The first kappa shape index (κ1) is 9.80. The van der Waals surface area contributed by atoms with Crippen molar-refractivity contribution in [3.63, 3.8) is 0 Å². The number of hydrogen-bond acceptors (Lipinski definition) is 3. The minimum Gasteiger partial charge on any atom is -0.384 e. The van der Waals surface area contributed by atoms with Crippen LogP contribution < -0.4 is 0 Å². The molecule has 1 aromatic rings. The van der Waals surface area contributed by atoms with Gasteiger partial charge in [0, 0.05) is 19.7 Å². The van der Waals surface area contributed by atoms with Gasteiger partial charge in [-0.05, 0) is 6.07 Å². The van der Waals surface area contributed by atoms with Crippen molar-refractivity contribution >= 4 is 5.78 Å². The standard InChI is InChI=1S/C9H10FNO2/c1-13-5-3-9(12)7-2-4-11-6-8(7)10/h2,4,6H,3,5H2,1H3. The van der Waals surface area contributed by atoms with Crippen LogP contribution in [0.2, 0.25) is 0 Å². The number of carbonyl (C=O) groups excluding carboxylic acids is 1. The second-order valence-corrected chi connectivity index (χ2v) is 2.52. The van der Waals surface area contributed by atoms with Crippen molar-refractivity contribution in [1.29, 1.82) is 0 Å². The first-order valence-corrected chi connectivity index (χ1v) is 3.87. The molecular formula is C9H10FNO2. The third-order valence-electron chi connectivity index (χ3n) is 1.61. The highest BCUT2D eigenvalue weighted by Crippen LogP contribution is 2.07. The van der Waals surface area contributed by atoms with Gasteiger partial charge in [-0.25, -0.2) is 4.39 Å². The molecule has 0 atom stereocenters. The minimum absolute atomic E-state index is 0.0760. The van der Waals surface area contributed by atoms with E-state index < -0.39 is 5.82 Å². The number of aromatic nitrogens is 1. The SMILES string of the molecule is COCCC(=O)c1ccncc1F. The zero-order chi connectivity index (χ0) is 9.68. The van der Waals surface area contributed by atoms with Crippen LogP contribution in [0.3, 0.4) is 0 Å². The fraction of sp³-hybridized carbons (Fsp3) is 0.333. The van der Waals surface area contributed by atoms with Crippen molar-refractivity contribution in [3.8, 4) is 0 Å². The zero-order valence-electron chi connectivity index (χ0n) is 7.29. The van der Waals surface area contributed by atoms with Crippen LogP contribution in [-0.2, 0) is 4.74 Å². The second-order valence-electron chi connectivity index (χ2n) is 2.52. The van der Waals surface area contributed by atoms with E-state index in [9.17, 15) is 9.18 Å². The van der Waals surface area contributed by atoms with E-state index >= 15 is 0 Å². The monoisotopic (exact) mass is 183 g/mol. The number of ether oxygens (including phenoxy) is 1. The third kappa shape index (κ3) is 2.59. The van der Waals surface area contributed by atoms with E-state index in [1.165, 1.54) is 19.4 Å². The Morgan fingerprint density at radius 3 is 3.08 bits per heavy atom. The normalized spacial score (nSPS) is 10.0. The Bertz CT molecular complexity index is 301. The van der Waals surface area contributed by atoms with Crippen molar-refractivity contribution in [2.75, 3.05) is 13.7 Å². The molecular weight excluding hydrogens is 173 g/mol. The fourth-order valence-corrected chi connectivity index (χ4v) is 0.931. The van der Waals surface area contributed by atoms with Gasteiger partial charge in [0.15, 0.2) is 11.6 Å². The summed E-state index contributed by atoms with van der Waals surface area (Å²) in [6, 6.07) is 1.37. The molecule has 0 spiro atoms. The highest BCUT2D eigenvalue weighted by Gasteiger charge is 2.10. The van der Waals surface area contributed by atoms with E-state index in [2.05, 4.69) is 4.98 Å². The predicted molar refractivity (Wildman–Crippen MR) is 45.0 cm³/mol. The highest BCUT2D eigenvalue weighted by molar-refractivity contribution is 5.96. The lowest BCUT2D eigenvalue weighted by Gasteiger charge is -2.00. The van der Waals surface area contributed by atoms with Crippen molar-refractivity contribution in [3.05, 3.63) is 29.8 Å². The maximum Gasteiger partial charge on any atom is 0.168 e. The van der Waals surface area contributed by atoms with Crippen molar-refractivity contribution in [2.45, 2.75) is 6.42 Å². The molecule has 1 rings (SSSR count). The Morgan fingerprint density at radius 1 is 1.69 bits per heavy atom. The number of hydrogen-bond donors (Lipinski definition) is 0. The molecule has 70 valence electrons. The van der Waals surface area contributed by atoms with Gasteiger partial charge in [-0.1, -0.05) is 0 Å². The molecule has 0 saturated heterocycles. The molecule has 1 heterocycles. The van der Waals surface area contributed by atoms with Crippen molar-refractivity contribution < 1.29 is 13.9 Å². The van der Waals surface area contributed by atoms with Crippen LogP contribution in [0.1, 0.15) is 16.8 Å². The zero-order valence-corrected chi connectivity index (χ0v) is 7.29. The summed E-state index contributed by atoms with van der Waals surface area (Å²) in [5, 5.41) is 0. The minimum atomic E-state index is -0.580. The lowest BCUT2D eigenvalue weighted by molar-refractivity contribution is 0.0928. The summed E-state index contributed by atoms with van der Waals surface area (Å²) in [5.74, 6) is -0.842. The van der Waals surface area contributed by atoms with Crippen molar-refractivity contribution in [2.24, 2.45) is 0 Å². The van der Waals surface area contributed by atoms with Crippen LogP contribution in [0.4, 0.5) is 4.39 Å². The molecule has 0 N–H and O–H groups in total. The van der Waals surface area contributed by atoms with Gasteiger partial charge in [-0.2, -0.15) is 0 Å². The Morgan fingerprint density at radius 2 is 2.46 bits per heavy atom. The van der Waals surface area contributed by atoms with Gasteiger partial charge < -0.3 is 4.74 Å². The predicted octanol–water partition coefficient (Wildman–Crippen LogP) is 1.44. The third-order valence-corrected chi connectivity index (χ3v) is 1.61. The van der Waals surface area contributed by atoms with Gasteiger partial charge >= 0.3 is 0 Å². The fourth-order valence-electron chi connectivity index (χ4n) is 0.931. The number of Topliss-reactive ketones (excluding diaryl/α,β-unsaturated/α-hetero) is 1. The van der Waals surface area contributed by atoms with Crippen LogP contribution in [0.25, 0.3) is 0 Å². The van der Waals surface area contributed by atoms with Crippen LogP contribution in [0.15, 0.2) is 18.5 Å². The van der Waals surface area contributed by atoms with Crippen LogP contribution in [0, 0.1) is 5.82 Å². The molecule has 0 aliphatic carbocycles. The Hall–Kier alpha value is -1.29. The number of pyridine rings is 1. The average Bonchev–Trinajstić information content (AvgIpc) is 2.15. The van der Waals surface area contributed by atoms with Gasteiger partial charge in [0.05, 0.1) is 18.4 Å². The van der Waals surface area contributed by atoms with Gasteiger partial charge in [-0.15, -0.1) is 0 Å². The first-order chi connectivity index (χ1) is 6.25. The van der Waals surface area contributed by atoms with E-state index in [-0.39, 0.29) is 17.8 Å². The summed E-state index contributed by atoms with van der Waals surface area (Å²) in [6.45, 7) is 0.306. The average molecular weight is 183 g/mol. The van der Waals surface area contributed by atoms with E-state index in [4.69, 9.17) is 4.74 Å². The molecule has 4 heteroatoms. The Labute approximate surface area is 75.6 Å². The van der Waals surface area contributed by atoms with Crippen LogP contribution >= 0.6 is 0 Å². The molecule has 0 aliphatic heterocycles. The van der Waals surface area contributed by atoms with Crippen LogP contribution in [0.5, 0.6) is 0 Å². The number of methoxy groups -OCH3 is 1. The molecule has 0 bridgehead atoms. The van der Waals surface area contributed by atoms with E-state index in [1.54, 1.807) is 0 Å². The van der Waals surface area contributed by atoms with Gasteiger partial charge in [0.2, 0.25) is 0 Å². The van der Waals surface area contributed by atoms with E-state index in [0.717, 1.165) is 6.20 Å². The first-order valence-electron chi connectivity index (χ1n) is 3.87. The van der Waals surface area contributed by atoms with Gasteiger partial charge in [-0.3, -0.25) is 9.78 Å². The molecule has 0 saturated carbocycles. The van der Waals surface area contributed by atoms with Gasteiger partial charge in [0.25, 0.3) is 0 Å². The van der Waals surface area contributed by atoms with Crippen molar-refractivity contribution in [1.82, 2.24) is 4.98 Å². The molecule has 13 heavy (non-hydrogen) atoms. The number of rotatable bonds is 4.